The second-order valence-electron chi connectivity index (χ2n) is 2.88. The van der Waals surface area contributed by atoms with E-state index in [1.54, 1.807) is 6.08 Å². The first-order chi connectivity index (χ1) is 7.69. The molecule has 0 heterocycles. The smallest absolute Gasteiger partial charge is 0.137 e. The van der Waals surface area contributed by atoms with Gasteiger partial charge in [-0.3, -0.25) is 0 Å². The summed E-state index contributed by atoms with van der Waals surface area (Å²) < 4.78 is 0.446. The summed E-state index contributed by atoms with van der Waals surface area (Å²) in [6, 6.07) is 12.9. The van der Waals surface area contributed by atoms with Crippen molar-refractivity contribution < 1.29 is 0 Å². The molecule has 0 fully saturated rings. The highest BCUT2D eigenvalue weighted by Crippen LogP contribution is 2.23. The molecule has 1 aromatic carbocycles. The zero-order chi connectivity index (χ0) is 12.0. The zero-order valence-electron chi connectivity index (χ0n) is 8.25. The minimum atomic E-state index is 0.0480. The first kappa shape index (κ1) is 12.4. The van der Waals surface area contributed by atoms with Crippen molar-refractivity contribution in [2.24, 2.45) is 0 Å². The molecule has 0 atom stereocenters. The number of nitrogens with zero attached hydrogens (tertiary/aromatic N) is 2. The maximum Gasteiger partial charge on any atom is 0.137 e. The number of hydrogen-bond acceptors (Lipinski definition) is 4. The Morgan fingerprint density at radius 1 is 1.06 bits per heavy atom. The summed E-state index contributed by atoms with van der Waals surface area (Å²) in [6.45, 7) is 0. The Kier molecular flexibility index (Phi) is 4.72. The predicted molar refractivity (Wildman–Crippen MR) is 70.6 cm³/mol. The van der Waals surface area contributed by atoms with Crippen LogP contribution in [0.1, 0.15) is 5.56 Å². The molecule has 0 radical (unpaired) electrons. The molecular formula is C12H8N2S2. The largest absolute Gasteiger partial charge is 0.192 e. The molecule has 0 aliphatic carbocycles. The Balaban J connectivity index is 3.42. The van der Waals surface area contributed by atoms with Gasteiger partial charge in [-0.25, -0.2) is 0 Å². The fraction of sp³-hybridized carbons (Fsp3) is 0. The molecule has 1 aromatic rings. The zero-order valence-corrected chi connectivity index (χ0v) is 10.0. The molecule has 0 saturated heterocycles. The van der Waals surface area contributed by atoms with Gasteiger partial charge in [0.15, 0.2) is 0 Å². The van der Waals surface area contributed by atoms with Gasteiger partial charge in [0, 0.05) is 9.81 Å². The van der Waals surface area contributed by atoms with Crippen LogP contribution in [0.4, 0.5) is 0 Å². The van der Waals surface area contributed by atoms with Crippen molar-refractivity contribution in [2.45, 2.75) is 0 Å². The number of nitriles is 2. The second-order valence-corrected chi connectivity index (χ2v) is 4.20. The Labute approximate surface area is 105 Å². The molecule has 0 spiro atoms. The first-order valence-corrected chi connectivity index (χ1v) is 5.28. The molecule has 16 heavy (non-hydrogen) atoms. The van der Waals surface area contributed by atoms with Crippen LogP contribution in [0.3, 0.4) is 0 Å². The number of rotatable bonds is 2. The maximum atomic E-state index is 8.86. The molecule has 4 heteroatoms. The third-order valence-electron chi connectivity index (χ3n) is 1.85. The lowest BCUT2D eigenvalue weighted by atomic mass is 10.0. The van der Waals surface area contributed by atoms with E-state index >= 15 is 0 Å². The summed E-state index contributed by atoms with van der Waals surface area (Å²) in [5.74, 6) is 0. The number of hydrogen-bond donors (Lipinski definition) is 2. The van der Waals surface area contributed by atoms with Gasteiger partial charge in [-0.2, -0.15) is 10.5 Å². The van der Waals surface area contributed by atoms with Gasteiger partial charge in [0.25, 0.3) is 0 Å². The lowest BCUT2D eigenvalue weighted by Crippen LogP contribution is -1.86. The molecule has 0 aliphatic heterocycles. The van der Waals surface area contributed by atoms with Crippen molar-refractivity contribution in [1.82, 2.24) is 0 Å². The SMILES string of the molecule is N#CC(C#N)=C(C=C(S)S)c1ccccc1. The summed E-state index contributed by atoms with van der Waals surface area (Å²) in [6.07, 6.45) is 1.59. The van der Waals surface area contributed by atoms with E-state index in [0.29, 0.717) is 9.81 Å². The number of allylic oxidation sites excluding steroid dienone is 3. The average molecular weight is 244 g/mol. The van der Waals surface area contributed by atoms with Gasteiger partial charge in [0.1, 0.15) is 17.7 Å². The van der Waals surface area contributed by atoms with Crippen LogP contribution in [0.5, 0.6) is 0 Å². The van der Waals surface area contributed by atoms with Gasteiger partial charge in [-0.1, -0.05) is 30.3 Å². The van der Waals surface area contributed by atoms with E-state index in [1.807, 2.05) is 42.5 Å². The lowest BCUT2D eigenvalue weighted by Gasteiger charge is -2.02. The Morgan fingerprint density at radius 2 is 1.62 bits per heavy atom. The van der Waals surface area contributed by atoms with Crippen molar-refractivity contribution in [1.29, 1.82) is 10.5 Å². The molecule has 0 saturated carbocycles. The normalized spacial score (nSPS) is 8.50. The van der Waals surface area contributed by atoms with Gasteiger partial charge in [0.05, 0.1) is 0 Å². The third kappa shape index (κ3) is 3.20. The number of thiol groups is 2. The summed E-state index contributed by atoms with van der Waals surface area (Å²) >= 11 is 8.06. The van der Waals surface area contributed by atoms with Gasteiger partial charge in [0.2, 0.25) is 0 Å². The molecule has 78 valence electrons. The van der Waals surface area contributed by atoms with Crippen LogP contribution in [0.2, 0.25) is 0 Å². The van der Waals surface area contributed by atoms with Crippen molar-refractivity contribution in [3.8, 4) is 12.1 Å². The highest BCUT2D eigenvalue weighted by atomic mass is 32.2. The van der Waals surface area contributed by atoms with Gasteiger partial charge in [-0.15, -0.1) is 25.3 Å². The van der Waals surface area contributed by atoms with E-state index in [4.69, 9.17) is 10.5 Å². The first-order valence-electron chi connectivity index (χ1n) is 4.38. The molecule has 1 rings (SSSR count). The van der Waals surface area contributed by atoms with Crippen molar-refractivity contribution >= 4 is 30.8 Å². The van der Waals surface area contributed by atoms with E-state index in [-0.39, 0.29) is 5.57 Å². The molecule has 0 aromatic heterocycles. The predicted octanol–water partition coefficient (Wildman–Crippen LogP) is 3.19. The highest BCUT2D eigenvalue weighted by Gasteiger charge is 2.06. The average Bonchev–Trinajstić information content (AvgIpc) is 2.30. The molecule has 0 bridgehead atoms. The van der Waals surface area contributed by atoms with Crippen molar-refractivity contribution in [3.63, 3.8) is 0 Å². The summed E-state index contributed by atoms with van der Waals surface area (Å²) in [4.78, 5) is 0. The van der Waals surface area contributed by atoms with Crippen LogP contribution in [0.15, 0.2) is 46.2 Å². The maximum absolute atomic E-state index is 8.86. The van der Waals surface area contributed by atoms with Gasteiger partial charge in [-0.05, 0) is 11.6 Å². The molecule has 0 unspecified atom stereocenters. The highest BCUT2D eigenvalue weighted by molar-refractivity contribution is 8.05. The van der Waals surface area contributed by atoms with E-state index in [1.165, 1.54) is 0 Å². The molecule has 0 amide bonds. The van der Waals surface area contributed by atoms with Crippen LogP contribution in [-0.2, 0) is 0 Å². The van der Waals surface area contributed by atoms with Crippen molar-refractivity contribution in [2.75, 3.05) is 0 Å². The summed E-state index contributed by atoms with van der Waals surface area (Å²) in [5.41, 5.74) is 1.37. The second kappa shape index (κ2) is 6.07. The fourth-order valence-corrected chi connectivity index (χ4v) is 1.45. The van der Waals surface area contributed by atoms with Crippen molar-refractivity contribution in [3.05, 3.63) is 51.8 Å². The topological polar surface area (TPSA) is 47.6 Å². The van der Waals surface area contributed by atoms with Crippen LogP contribution in [0, 0.1) is 22.7 Å². The molecular weight excluding hydrogens is 236 g/mol. The standard InChI is InChI=1S/C12H8N2S2/c13-7-10(8-14)11(6-12(15)16)9-4-2-1-3-5-9/h1-6,15-16H. The summed E-state index contributed by atoms with van der Waals surface area (Å²) in [5, 5.41) is 17.7. The van der Waals surface area contributed by atoms with Gasteiger partial charge < -0.3 is 0 Å². The van der Waals surface area contributed by atoms with Crippen LogP contribution >= 0.6 is 25.3 Å². The van der Waals surface area contributed by atoms with Crippen LogP contribution in [-0.4, -0.2) is 0 Å². The van der Waals surface area contributed by atoms with Crippen LogP contribution < -0.4 is 0 Å². The molecule has 0 aliphatic rings. The molecule has 2 nitrogen and oxygen atoms in total. The minimum Gasteiger partial charge on any atom is -0.192 e. The quantitative estimate of drug-likeness (QED) is 0.477. The minimum absolute atomic E-state index is 0.0480. The monoisotopic (exact) mass is 244 g/mol. The van der Waals surface area contributed by atoms with E-state index < -0.39 is 0 Å². The van der Waals surface area contributed by atoms with Gasteiger partial charge >= 0.3 is 0 Å². The Bertz CT molecular complexity index is 496. The van der Waals surface area contributed by atoms with E-state index in [0.717, 1.165) is 5.56 Å². The molecule has 0 N–H and O–H groups in total. The van der Waals surface area contributed by atoms with E-state index in [2.05, 4.69) is 25.3 Å². The van der Waals surface area contributed by atoms with E-state index in [9.17, 15) is 0 Å². The summed E-state index contributed by atoms with van der Waals surface area (Å²) in [7, 11) is 0. The Hall–Kier alpha value is -1.62. The fourth-order valence-electron chi connectivity index (χ4n) is 1.19. The lowest BCUT2D eigenvalue weighted by molar-refractivity contribution is 1.46. The number of benzene rings is 1. The van der Waals surface area contributed by atoms with Crippen LogP contribution in [0.25, 0.3) is 5.57 Å². The third-order valence-corrected chi connectivity index (χ3v) is 2.11. The Morgan fingerprint density at radius 3 is 2.06 bits per heavy atom.